The first-order valence-corrected chi connectivity index (χ1v) is 5.33. The topological polar surface area (TPSA) is 0 Å². The summed E-state index contributed by atoms with van der Waals surface area (Å²) in [5, 5.41) is 0. The van der Waals surface area contributed by atoms with Gasteiger partial charge < -0.3 is 0 Å². The molecule has 92 valence electrons. The first-order chi connectivity index (χ1) is 6.79. The van der Waals surface area contributed by atoms with E-state index in [9.17, 15) is 0 Å². The third-order valence-electron chi connectivity index (χ3n) is 1.52. The van der Waals surface area contributed by atoms with E-state index in [1.165, 1.54) is 0 Å². The van der Waals surface area contributed by atoms with Gasteiger partial charge in [0.1, 0.15) is 0 Å². The summed E-state index contributed by atoms with van der Waals surface area (Å²) in [5.74, 6) is 6.94. The maximum absolute atomic E-state index is 3.15. The monoisotopic (exact) mass is 220 g/mol. The molecule has 0 heteroatoms. The lowest BCUT2D eigenvalue weighted by atomic mass is 10.1. The average molecular weight is 220 g/mol. The predicted molar refractivity (Wildman–Crippen MR) is 77.6 cm³/mol. The van der Waals surface area contributed by atoms with Crippen LogP contribution in [-0.2, 0) is 0 Å². The van der Waals surface area contributed by atoms with Crippen LogP contribution in [-0.4, -0.2) is 0 Å². The fourth-order valence-electron chi connectivity index (χ4n) is 0.879. The zero-order valence-corrected chi connectivity index (χ0v) is 9.67. The first kappa shape index (κ1) is 20.2. The molecule has 1 aromatic rings. The van der Waals surface area contributed by atoms with E-state index in [0.717, 1.165) is 12.0 Å². The number of hydrogen-bond donors (Lipinski definition) is 0. The Labute approximate surface area is 103 Å². The van der Waals surface area contributed by atoms with Gasteiger partial charge in [-0.15, -0.1) is 0 Å². The molecule has 0 N–H and O–H groups in total. The molecule has 0 spiro atoms. The van der Waals surface area contributed by atoms with Gasteiger partial charge in [-0.1, -0.05) is 72.6 Å². The molecule has 1 aromatic carbocycles. The smallest absolute Gasteiger partial charge is 0.0245 e. The van der Waals surface area contributed by atoms with E-state index in [0.29, 0.717) is 5.92 Å². The van der Waals surface area contributed by atoms with Crippen molar-refractivity contribution in [1.82, 2.24) is 0 Å². The molecule has 0 radical (unpaired) electrons. The Balaban J connectivity index is -0.000000399. The molecule has 0 amide bonds. The maximum Gasteiger partial charge on any atom is 0.0245 e. The highest BCUT2D eigenvalue weighted by molar-refractivity contribution is 5.33. The summed E-state index contributed by atoms with van der Waals surface area (Å²) >= 11 is 0. The van der Waals surface area contributed by atoms with Crippen molar-refractivity contribution in [1.29, 1.82) is 0 Å². The van der Waals surface area contributed by atoms with Crippen molar-refractivity contribution < 1.29 is 0 Å². The van der Waals surface area contributed by atoms with Crippen LogP contribution in [0.1, 0.15) is 54.5 Å². The van der Waals surface area contributed by atoms with Gasteiger partial charge in [-0.3, -0.25) is 0 Å². The van der Waals surface area contributed by atoms with Gasteiger partial charge in [0.25, 0.3) is 0 Å². The van der Waals surface area contributed by atoms with Gasteiger partial charge in [0, 0.05) is 12.0 Å². The van der Waals surface area contributed by atoms with Crippen LogP contribution in [0.15, 0.2) is 30.3 Å². The quantitative estimate of drug-likeness (QED) is 0.557. The summed E-state index contributed by atoms with van der Waals surface area (Å²) in [5.41, 5.74) is 1.11. The highest BCUT2D eigenvalue weighted by Gasteiger charge is 1.86. The number of hydrogen-bond acceptors (Lipinski definition) is 0. The minimum Gasteiger partial charge on any atom is -0.0976 e. The predicted octanol–water partition coefficient (Wildman–Crippen LogP) is 5.38. The molecule has 0 unspecified atom stereocenters. The second kappa shape index (κ2) is 13.8. The SMILES string of the molecule is C.C.CC.CC(C)CC#Cc1ccccc1. The largest absolute Gasteiger partial charge is 0.0976 e. The van der Waals surface area contributed by atoms with E-state index < -0.39 is 0 Å². The Kier molecular flexibility index (Phi) is 17.4. The van der Waals surface area contributed by atoms with Gasteiger partial charge in [-0.2, -0.15) is 0 Å². The molecule has 0 saturated heterocycles. The summed E-state index contributed by atoms with van der Waals surface area (Å²) < 4.78 is 0. The summed E-state index contributed by atoms with van der Waals surface area (Å²) in [7, 11) is 0. The lowest BCUT2D eigenvalue weighted by Gasteiger charge is -1.93. The minimum atomic E-state index is 0. The van der Waals surface area contributed by atoms with Crippen LogP contribution in [0.5, 0.6) is 0 Å². The molecule has 1 rings (SSSR count). The molecule has 0 aliphatic carbocycles. The van der Waals surface area contributed by atoms with Gasteiger partial charge in [-0.05, 0) is 18.1 Å². The van der Waals surface area contributed by atoms with Crippen LogP contribution in [0.4, 0.5) is 0 Å². The van der Waals surface area contributed by atoms with Crippen LogP contribution in [0.3, 0.4) is 0 Å². The number of rotatable bonds is 1. The van der Waals surface area contributed by atoms with E-state index in [1.54, 1.807) is 0 Å². The van der Waals surface area contributed by atoms with Crippen LogP contribution >= 0.6 is 0 Å². The highest BCUT2D eigenvalue weighted by atomic mass is 13.9. The van der Waals surface area contributed by atoms with Gasteiger partial charge in [0.15, 0.2) is 0 Å². The first-order valence-electron chi connectivity index (χ1n) is 5.33. The van der Waals surface area contributed by atoms with Crippen molar-refractivity contribution >= 4 is 0 Å². The minimum absolute atomic E-state index is 0. The Bertz CT molecular complexity index is 272. The van der Waals surface area contributed by atoms with Crippen molar-refractivity contribution in [3.8, 4) is 11.8 Å². The van der Waals surface area contributed by atoms with E-state index in [2.05, 4.69) is 25.7 Å². The maximum atomic E-state index is 3.15. The summed E-state index contributed by atoms with van der Waals surface area (Å²) in [4.78, 5) is 0. The summed E-state index contributed by atoms with van der Waals surface area (Å²) in [6.07, 6.45) is 0.981. The molecule has 0 nitrogen and oxygen atoms in total. The summed E-state index contributed by atoms with van der Waals surface area (Å²) in [6, 6.07) is 10.1. The van der Waals surface area contributed by atoms with Crippen molar-refractivity contribution in [2.24, 2.45) is 5.92 Å². The third-order valence-corrected chi connectivity index (χ3v) is 1.52. The Hall–Kier alpha value is -1.22. The van der Waals surface area contributed by atoms with E-state index in [1.807, 2.05) is 44.2 Å². The van der Waals surface area contributed by atoms with E-state index in [4.69, 9.17) is 0 Å². The van der Waals surface area contributed by atoms with Crippen LogP contribution in [0, 0.1) is 17.8 Å². The number of benzene rings is 1. The van der Waals surface area contributed by atoms with Gasteiger partial charge in [0.2, 0.25) is 0 Å². The normalized spacial score (nSPS) is 7.31. The van der Waals surface area contributed by atoms with E-state index in [-0.39, 0.29) is 14.9 Å². The molecule has 0 bridgehead atoms. The van der Waals surface area contributed by atoms with Crippen molar-refractivity contribution in [3.63, 3.8) is 0 Å². The Morgan fingerprint density at radius 2 is 1.50 bits per heavy atom. The fourth-order valence-corrected chi connectivity index (χ4v) is 0.879. The molecule has 16 heavy (non-hydrogen) atoms. The molecular weight excluding hydrogens is 192 g/mol. The molecule has 0 atom stereocenters. The van der Waals surface area contributed by atoms with Crippen LogP contribution in [0.25, 0.3) is 0 Å². The molecule has 0 aromatic heterocycles. The second-order valence-corrected chi connectivity index (χ2v) is 3.27. The van der Waals surface area contributed by atoms with Crippen molar-refractivity contribution in [2.45, 2.75) is 49.0 Å². The van der Waals surface area contributed by atoms with Crippen LogP contribution < -0.4 is 0 Å². The lowest BCUT2D eigenvalue weighted by molar-refractivity contribution is 0.676. The fraction of sp³-hybridized carbons (Fsp3) is 0.500. The lowest BCUT2D eigenvalue weighted by Crippen LogP contribution is -1.81. The van der Waals surface area contributed by atoms with Gasteiger partial charge >= 0.3 is 0 Å². The van der Waals surface area contributed by atoms with E-state index >= 15 is 0 Å². The molecular formula is C16H28. The van der Waals surface area contributed by atoms with Gasteiger partial charge in [-0.25, -0.2) is 0 Å². The average Bonchev–Trinajstić information content (AvgIpc) is 2.22. The highest BCUT2D eigenvalue weighted by Crippen LogP contribution is 1.98. The standard InChI is InChI=1S/C12H14.C2H6.2CH4/c1-11(2)7-6-10-12-8-4-3-5-9-12;1-2;;/h3-5,8-9,11H,7H2,1-2H3;1-2H3;2*1H4. The Morgan fingerprint density at radius 3 is 1.94 bits per heavy atom. The third kappa shape index (κ3) is 10.9. The van der Waals surface area contributed by atoms with Crippen molar-refractivity contribution in [3.05, 3.63) is 35.9 Å². The second-order valence-electron chi connectivity index (χ2n) is 3.27. The summed E-state index contributed by atoms with van der Waals surface area (Å²) in [6.45, 7) is 8.36. The van der Waals surface area contributed by atoms with Gasteiger partial charge in [0.05, 0.1) is 0 Å². The molecule has 0 saturated carbocycles. The van der Waals surface area contributed by atoms with Crippen LogP contribution in [0.2, 0.25) is 0 Å². The molecule has 0 fully saturated rings. The Morgan fingerprint density at radius 1 is 1.00 bits per heavy atom. The molecule has 0 aliphatic heterocycles. The zero-order chi connectivity index (χ0) is 10.8. The molecule has 0 heterocycles. The molecule has 0 aliphatic rings. The zero-order valence-electron chi connectivity index (χ0n) is 9.67. The van der Waals surface area contributed by atoms with Crippen molar-refractivity contribution in [2.75, 3.05) is 0 Å².